The van der Waals surface area contributed by atoms with Crippen molar-refractivity contribution in [1.82, 2.24) is 15.0 Å². The van der Waals surface area contributed by atoms with Crippen molar-refractivity contribution in [3.63, 3.8) is 0 Å². The first-order valence-electron chi connectivity index (χ1n) is 7.15. The fraction of sp³-hybridized carbons (Fsp3) is 0.500. The standard InChI is InChI=1S/C16H23N3O/c1-12(2)15-17-16(20-18-15)13(3)19(4)11-10-14-8-6-5-7-9-14/h5-9,12-13H,10-11H2,1-4H3. The van der Waals surface area contributed by atoms with E-state index in [0.29, 0.717) is 11.8 Å². The average molecular weight is 273 g/mol. The molecule has 0 aliphatic rings. The minimum atomic E-state index is 0.138. The Hall–Kier alpha value is -1.68. The van der Waals surface area contributed by atoms with Crippen LogP contribution in [0.15, 0.2) is 34.9 Å². The lowest BCUT2D eigenvalue weighted by atomic mass is 10.1. The van der Waals surface area contributed by atoms with Gasteiger partial charge in [0.05, 0.1) is 6.04 Å². The molecule has 2 aromatic rings. The number of rotatable bonds is 6. The minimum Gasteiger partial charge on any atom is -0.338 e. The molecular formula is C16H23N3O. The van der Waals surface area contributed by atoms with Gasteiger partial charge in [0.1, 0.15) is 0 Å². The summed E-state index contributed by atoms with van der Waals surface area (Å²) in [6.07, 6.45) is 1.02. The Morgan fingerprint density at radius 1 is 1.15 bits per heavy atom. The van der Waals surface area contributed by atoms with Crippen LogP contribution >= 0.6 is 0 Å². The smallest absolute Gasteiger partial charge is 0.243 e. The Kier molecular flexibility index (Phi) is 4.90. The molecule has 2 rings (SSSR count). The molecule has 4 heteroatoms. The molecule has 1 heterocycles. The van der Waals surface area contributed by atoms with Gasteiger partial charge in [-0.15, -0.1) is 0 Å². The molecule has 0 radical (unpaired) electrons. The second-order valence-electron chi connectivity index (χ2n) is 5.54. The van der Waals surface area contributed by atoms with Gasteiger partial charge in [-0.2, -0.15) is 4.98 Å². The number of hydrogen-bond donors (Lipinski definition) is 0. The van der Waals surface area contributed by atoms with Gasteiger partial charge in [0.25, 0.3) is 0 Å². The van der Waals surface area contributed by atoms with Crippen LogP contribution in [0.25, 0.3) is 0 Å². The third-order valence-electron chi connectivity index (χ3n) is 3.59. The van der Waals surface area contributed by atoms with Gasteiger partial charge in [-0.1, -0.05) is 49.3 Å². The van der Waals surface area contributed by atoms with E-state index in [-0.39, 0.29) is 6.04 Å². The minimum absolute atomic E-state index is 0.138. The van der Waals surface area contributed by atoms with Crippen molar-refractivity contribution in [3.8, 4) is 0 Å². The van der Waals surface area contributed by atoms with Crippen LogP contribution in [0.4, 0.5) is 0 Å². The lowest BCUT2D eigenvalue weighted by molar-refractivity contribution is 0.211. The topological polar surface area (TPSA) is 42.2 Å². The maximum absolute atomic E-state index is 5.36. The lowest BCUT2D eigenvalue weighted by Gasteiger charge is -2.21. The Balaban J connectivity index is 1.92. The van der Waals surface area contributed by atoms with E-state index in [1.54, 1.807) is 0 Å². The number of aromatic nitrogens is 2. The Bertz CT molecular complexity index is 522. The maximum atomic E-state index is 5.36. The van der Waals surface area contributed by atoms with Gasteiger partial charge >= 0.3 is 0 Å². The first kappa shape index (κ1) is 14.7. The van der Waals surface area contributed by atoms with Crippen molar-refractivity contribution in [3.05, 3.63) is 47.6 Å². The van der Waals surface area contributed by atoms with Crippen LogP contribution in [-0.4, -0.2) is 28.6 Å². The highest BCUT2D eigenvalue weighted by Gasteiger charge is 2.19. The molecule has 0 bridgehead atoms. The molecule has 108 valence electrons. The Labute approximate surface area is 120 Å². The van der Waals surface area contributed by atoms with Gasteiger partial charge in [-0.3, -0.25) is 4.90 Å². The highest BCUT2D eigenvalue weighted by Crippen LogP contribution is 2.19. The number of benzene rings is 1. The van der Waals surface area contributed by atoms with E-state index in [4.69, 9.17) is 4.52 Å². The zero-order valence-corrected chi connectivity index (χ0v) is 12.7. The van der Waals surface area contributed by atoms with Crippen LogP contribution in [0.5, 0.6) is 0 Å². The molecule has 1 unspecified atom stereocenters. The van der Waals surface area contributed by atoms with Crippen molar-refractivity contribution in [1.29, 1.82) is 0 Å². The Morgan fingerprint density at radius 2 is 1.85 bits per heavy atom. The molecule has 0 N–H and O–H groups in total. The fourth-order valence-corrected chi connectivity index (χ4v) is 1.98. The number of hydrogen-bond acceptors (Lipinski definition) is 4. The molecule has 0 amide bonds. The van der Waals surface area contributed by atoms with Crippen molar-refractivity contribution in [2.45, 2.75) is 39.2 Å². The second-order valence-corrected chi connectivity index (χ2v) is 5.54. The fourth-order valence-electron chi connectivity index (χ4n) is 1.98. The molecule has 0 aliphatic carbocycles. The van der Waals surface area contributed by atoms with Gasteiger partial charge in [0, 0.05) is 12.5 Å². The summed E-state index contributed by atoms with van der Waals surface area (Å²) in [5.74, 6) is 1.78. The van der Waals surface area contributed by atoms with Gasteiger partial charge in [-0.25, -0.2) is 0 Å². The molecule has 0 saturated heterocycles. The van der Waals surface area contributed by atoms with Crippen molar-refractivity contribution in [2.24, 2.45) is 0 Å². The summed E-state index contributed by atoms with van der Waals surface area (Å²) in [5, 5.41) is 4.02. The van der Waals surface area contributed by atoms with E-state index in [2.05, 4.69) is 67.1 Å². The predicted octanol–water partition coefficient (Wildman–Crippen LogP) is 3.43. The summed E-state index contributed by atoms with van der Waals surface area (Å²) in [6.45, 7) is 7.20. The van der Waals surface area contributed by atoms with Crippen LogP contribution in [0.2, 0.25) is 0 Å². The summed E-state index contributed by atoms with van der Waals surface area (Å²) in [6, 6.07) is 10.6. The van der Waals surface area contributed by atoms with Crippen LogP contribution < -0.4 is 0 Å². The summed E-state index contributed by atoms with van der Waals surface area (Å²) < 4.78 is 5.36. The molecule has 1 aromatic heterocycles. The predicted molar refractivity (Wildman–Crippen MR) is 79.6 cm³/mol. The molecule has 1 aromatic carbocycles. The largest absolute Gasteiger partial charge is 0.338 e. The van der Waals surface area contributed by atoms with Crippen molar-refractivity contribution < 1.29 is 4.52 Å². The van der Waals surface area contributed by atoms with Crippen LogP contribution in [0, 0.1) is 0 Å². The molecule has 4 nitrogen and oxygen atoms in total. The van der Waals surface area contributed by atoms with E-state index in [9.17, 15) is 0 Å². The first-order valence-corrected chi connectivity index (χ1v) is 7.15. The molecule has 0 saturated carbocycles. The second kappa shape index (κ2) is 6.66. The SMILES string of the molecule is CC(C)c1noc(C(C)N(C)CCc2ccccc2)n1. The van der Waals surface area contributed by atoms with Crippen LogP contribution in [-0.2, 0) is 6.42 Å². The molecule has 1 atom stereocenters. The molecule has 0 aliphatic heterocycles. The zero-order chi connectivity index (χ0) is 14.5. The summed E-state index contributed by atoms with van der Waals surface area (Å²) >= 11 is 0. The van der Waals surface area contributed by atoms with Gasteiger partial charge in [0.15, 0.2) is 5.82 Å². The van der Waals surface area contributed by atoms with Crippen molar-refractivity contribution in [2.75, 3.05) is 13.6 Å². The van der Waals surface area contributed by atoms with E-state index in [0.717, 1.165) is 18.8 Å². The molecule has 0 spiro atoms. The summed E-state index contributed by atoms with van der Waals surface area (Å²) in [5.41, 5.74) is 1.35. The van der Waals surface area contributed by atoms with E-state index in [1.165, 1.54) is 5.56 Å². The highest BCUT2D eigenvalue weighted by atomic mass is 16.5. The molecule has 20 heavy (non-hydrogen) atoms. The lowest BCUT2D eigenvalue weighted by Crippen LogP contribution is -2.25. The van der Waals surface area contributed by atoms with Crippen LogP contribution in [0.1, 0.15) is 50.0 Å². The third-order valence-corrected chi connectivity index (χ3v) is 3.59. The monoisotopic (exact) mass is 273 g/mol. The number of likely N-dealkylation sites (N-methyl/N-ethyl adjacent to an activating group) is 1. The quantitative estimate of drug-likeness (QED) is 0.808. The van der Waals surface area contributed by atoms with E-state index in [1.807, 2.05) is 6.07 Å². The average Bonchev–Trinajstić information content (AvgIpc) is 2.95. The highest BCUT2D eigenvalue weighted by molar-refractivity contribution is 5.14. The number of nitrogens with zero attached hydrogens (tertiary/aromatic N) is 3. The van der Waals surface area contributed by atoms with Crippen molar-refractivity contribution >= 4 is 0 Å². The van der Waals surface area contributed by atoms with Gasteiger partial charge in [0.2, 0.25) is 5.89 Å². The maximum Gasteiger partial charge on any atom is 0.243 e. The van der Waals surface area contributed by atoms with E-state index < -0.39 is 0 Å². The third kappa shape index (κ3) is 3.67. The normalized spacial score (nSPS) is 13.1. The summed E-state index contributed by atoms with van der Waals surface area (Å²) in [7, 11) is 2.09. The molecular weight excluding hydrogens is 250 g/mol. The summed E-state index contributed by atoms with van der Waals surface area (Å²) in [4.78, 5) is 6.71. The first-order chi connectivity index (χ1) is 9.58. The van der Waals surface area contributed by atoms with E-state index >= 15 is 0 Å². The van der Waals surface area contributed by atoms with Gasteiger partial charge < -0.3 is 4.52 Å². The molecule has 0 fully saturated rings. The van der Waals surface area contributed by atoms with Crippen LogP contribution in [0.3, 0.4) is 0 Å². The van der Waals surface area contributed by atoms with Gasteiger partial charge in [-0.05, 0) is 26.0 Å². The Morgan fingerprint density at radius 3 is 2.45 bits per heavy atom. The zero-order valence-electron chi connectivity index (χ0n) is 12.7.